The van der Waals surface area contributed by atoms with E-state index in [4.69, 9.17) is 10.5 Å². The molecule has 0 aliphatic carbocycles. The normalized spacial score (nSPS) is 22.8. The fourth-order valence-electron chi connectivity index (χ4n) is 2.19. The highest BCUT2D eigenvalue weighted by molar-refractivity contribution is 5.28. The van der Waals surface area contributed by atoms with Gasteiger partial charge in [0, 0.05) is 6.61 Å². The molecule has 0 bridgehead atoms. The van der Waals surface area contributed by atoms with Gasteiger partial charge in [0.1, 0.15) is 0 Å². The van der Waals surface area contributed by atoms with Crippen LogP contribution in [0.25, 0.3) is 0 Å². The third-order valence-corrected chi connectivity index (χ3v) is 3.21. The van der Waals surface area contributed by atoms with Gasteiger partial charge in [0.15, 0.2) is 0 Å². The Balaban J connectivity index is 2.17. The molecule has 100 valence electrons. The van der Waals surface area contributed by atoms with Crippen LogP contribution >= 0.6 is 0 Å². The predicted octanol–water partition coefficient (Wildman–Crippen LogP) is 3.27. The molecule has 1 aliphatic heterocycles. The maximum Gasteiger partial charge on any atom is 0.416 e. The van der Waals surface area contributed by atoms with Crippen LogP contribution in [0, 0.1) is 0 Å². The molecule has 1 heterocycles. The molecule has 2 unspecified atom stereocenters. The van der Waals surface area contributed by atoms with Gasteiger partial charge in [-0.15, -0.1) is 0 Å². The fourth-order valence-corrected chi connectivity index (χ4v) is 2.19. The summed E-state index contributed by atoms with van der Waals surface area (Å²) in [5.41, 5.74) is 5.81. The van der Waals surface area contributed by atoms with Crippen molar-refractivity contribution in [1.29, 1.82) is 0 Å². The predicted molar refractivity (Wildman–Crippen MR) is 62.0 cm³/mol. The first-order chi connectivity index (χ1) is 8.48. The standard InChI is InChI=1S/C13H16F3NO/c14-13(15,16)10-5-3-4-9(8-10)12(17)11-6-1-2-7-18-11/h3-5,8,11-12H,1-2,6-7,17H2. The monoisotopic (exact) mass is 259 g/mol. The summed E-state index contributed by atoms with van der Waals surface area (Å²) in [6.45, 7) is 0.636. The molecule has 2 N–H and O–H groups in total. The van der Waals surface area contributed by atoms with Crippen molar-refractivity contribution >= 4 is 0 Å². The first-order valence-corrected chi connectivity index (χ1v) is 6.03. The van der Waals surface area contributed by atoms with Crippen LogP contribution in [0.15, 0.2) is 24.3 Å². The second-order valence-corrected chi connectivity index (χ2v) is 4.55. The molecule has 5 heteroatoms. The van der Waals surface area contributed by atoms with E-state index in [9.17, 15) is 13.2 Å². The second kappa shape index (κ2) is 5.28. The minimum atomic E-state index is -4.33. The maximum absolute atomic E-state index is 12.6. The average Bonchev–Trinajstić information content (AvgIpc) is 2.38. The van der Waals surface area contributed by atoms with E-state index < -0.39 is 17.8 Å². The van der Waals surface area contributed by atoms with Crippen LogP contribution < -0.4 is 5.73 Å². The van der Waals surface area contributed by atoms with Crippen molar-refractivity contribution < 1.29 is 17.9 Å². The highest BCUT2D eigenvalue weighted by Gasteiger charge is 2.31. The van der Waals surface area contributed by atoms with Crippen LogP contribution in [0.2, 0.25) is 0 Å². The van der Waals surface area contributed by atoms with Crippen molar-refractivity contribution in [2.45, 2.75) is 37.6 Å². The molecule has 2 nitrogen and oxygen atoms in total. The molecule has 1 saturated heterocycles. The van der Waals surface area contributed by atoms with Gasteiger partial charge in [0.2, 0.25) is 0 Å². The number of nitrogens with two attached hydrogens (primary N) is 1. The van der Waals surface area contributed by atoms with Crippen molar-refractivity contribution in [2.75, 3.05) is 6.61 Å². The fraction of sp³-hybridized carbons (Fsp3) is 0.538. The van der Waals surface area contributed by atoms with E-state index in [-0.39, 0.29) is 6.10 Å². The maximum atomic E-state index is 12.6. The highest BCUT2D eigenvalue weighted by Crippen LogP contribution is 2.32. The third-order valence-electron chi connectivity index (χ3n) is 3.21. The van der Waals surface area contributed by atoms with Gasteiger partial charge < -0.3 is 10.5 Å². The zero-order valence-electron chi connectivity index (χ0n) is 9.91. The van der Waals surface area contributed by atoms with Gasteiger partial charge in [-0.3, -0.25) is 0 Å². The molecule has 0 amide bonds. The molecule has 1 aromatic rings. The lowest BCUT2D eigenvalue weighted by Gasteiger charge is -2.28. The largest absolute Gasteiger partial charge is 0.416 e. The van der Waals surface area contributed by atoms with Crippen LogP contribution in [-0.4, -0.2) is 12.7 Å². The first kappa shape index (κ1) is 13.4. The summed E-state index contributed by atoms with van der Waals surface area (Å²) in [6, 6.07) is 4.69. The van der Waals surface area contributed by atoms with Gasteiger partial charge in [-0.25, -0.2) is 0 Å². The van der Waals surface area contributed by atoms with E-state index >= 15 is 0 Å². The Morgan fingerprint density at radius 1 is 1.28 bits per heavy atom. The van der Waals surface area contributed by atoms with Crippen LogP contribution in [0.4, 0.5) is 13.2 Å². The van der Waals surface area contributed by atoms with Crippen LogP contribution in [0.5, 0.6) is 0 Å². The van der Waals surface area contributed by atoms with Crippen LogP contribution in [-0.2, 0) is 10.9 Å². The number of alkyl halides is 3. The lowest BCUT2D eigenvalue weighted by Crippen LogP contribution is -2.32. The minimum absolute atomic E-state index is 0.178. The van der Waals surface area contributed by atoms with Gasteiger partial charge in [-0.2, -0.15) is 13.2 Å². The van der Waals surface area contributed by atoms with E-state index in [0.717, 1.165) is 31.4 Å². The zero-order valence-corrected chi connectivity index (χ0v) is 9.91. The molecule has 2 atom stereocenters. The summed E-state index contributed by atoms with van der Waals surface area (Å²) in [7, 11) is 0. The van der Waals surface area contributed by atoms with Crippen LogP contribution in [0.3, 0.4) is 0 Å². The molecule has 0 spiro atoms. The molecule has 0 radical (unpaired) electrons. The number of ether oxygens (including phenoxy) is 1. The molecular weight excluding hydrogens is 243 g/mol. The Bertz CT molecular complexity index is 399. The molecule has 1 aliphatic rings. The lowest BCUT2D eigenvalue weighted by atomic mass is 9.95. The van der Waals surface area contributed by atoms with Gasteiger partial charge in [0.25, 0.3) is 0 Å². The van der Waals surface area contributed by atoms with E-state index in [1.807, 2.05) is 0 Å². The summed E-state index contributed by atoms with van der Waals surface area (Å²) in [4.78, 5) is 0. The molecule has 1 aromatic carbocycles. The molecular formula is C13H16F3NO. The molecule has 18 heavy (non-hydrogen) atoms. The topological polar surface area (TPSA) is 35.2 Å². The summed E-state index contributed by atoms with van der Waals surface area (Å²) in [6.07, 6.45) is -1.70. The van der Waals surface area contributed by atoms with Gasteiger partial charge in [0.05, 0.1) is 17.7 Å². The summed E-state index contributed by atoms with van der Waals surface area (Å²) in [5, 5.41) is 0. The summed E-state index contributed by atoms with van der Waals surface area (Å²) in [5.74, 6) is 0. The zero-order chi connectivity index (χ0) is 13.2. The van der Waals surface area contributed by atoms with E-state index in [0.29, 0.717) is 12.2 Å². The van der Waals surface area contributed by atoms with Gasteiger partial charge in [-0.1, -0.05) is 12.1 Å². The van der Waals surface area contributed by atoms with Crippen molar-refractivity contribution in [3.8, 4) is 0 Å². The SMILES string of the molecule is NC(c1cccc(C(F)(F)F)c1)C1CCCCO1. The van der Waals surface area contributed by atoms with Crippen molar-refractivity contribution in [1.82, 2.24) is 0 Å². The Kier molecular flexibility index (Phi) is 3.92. The third kappa shape index (κ3) is 3.03. The molecule has 0 saturated carbocycles. The smallest absolute Gasteiger partial charge is 0.376 e. The van der Waals surface area contributed by atoms with Crippen molar-refractivity contribution in [2.24, 2.45) is 5.73 Å². The average molecular weight is 259 g/mol. The van der Waals surface area contributed by atoms with E-state index in [1.54, 1.807) is 6.07 Å². The van der Waals surface area contributed by atoms with E-state index in [2.05, 4.69) is 0 Å². The number of hydrogen-bond donors (Lipinski definition) is 1. The van der Waals surface area contributed by atoms with E-state index in [1.165, 1.54) is 6.07 Å². The molecule has 0 aromatic heterocycles. The van der Waals surface area contributed by atoms with Crippen molar-refractivity contribution in [3.63, 3.8) is 0 Å². The Morgan fingerprint density at radius 3 is 2.67 bits per heavy atom. The summed E-state index contributed by atoms with van der Waals surface area (Å²) < 4.78 is 43.3. The number of rotatable bonds is 2. The van der Waals surface area contributed by atoms with Crippen molar-refractivity contribution in [3.05, 3.63) is 35.4 Å². The summed E-state index contributed by atoms with van der Waals surface area (Å²) >= 11 is 0. The number of hydrogen-bond acceptors (Lipinski definition) is 2. The Morgan fingerprint density at radius 2 is 2.06 bits per heavy atom. The molecule has 1 fully saturated rings. The molecule has 2 rings (SSSR count). The lowest BCUT2D eigenvalue weighted by molar-refractivity contribution is -0.137. The second-order valence-electron chi connectivity index (χ2n) is 4.55. The number of benzene rings is 1. The quantitative estimate of drug-likeness (QED) is 0.884. The first-order valence-electron chi connectivity index (χ1n) is 6.03. The number of halogens is 3. The minimum Gasteiger partial charge on any atom is -0.376 e. The van der Waals surface area contributed by atoms with Gasteiger partial charge >= 0.3 is 6.18 Å². The Labute approximate surface area is 104 Å². The highest BCUT2D eigenvalue weighted by atomic mass is 19.4. The Hall–Kier alpha value is -1.07. The van der Waals surface area contributed by atoms with Crippen LogP contribution in [0.1, 0.15) is 36.4 Å². The van der Waals surface area contributed by atoms with Gasteiger partial charge in [-0.05, 0) is 37.0 Å².